The van der Waals surface area contributed by atoms with Gasteiger partial charge in [-0.05, 0) is 5.41 Å². The van der Waals surface area contributed by atoms with Crippen LogP contribution in [0.2, 0.25) is 0 Å². The lowest BCUT2D eigenvalue weighted by molar-refractivity contribution is -0.147. The monoisotopic (exact) mass is 227 g/mol. The molecular weight excluding hydrogens is 210 g/mol. The molecular formula is C10H17N3O3. The number of rotatable bonds is 1. The maximum absolute atomic E-state index is 11.9. The maximum Gasteiger partial charge on any atom is 0.246 e. The van der Waals surface area contributed by atoms with E-state index >= 15 is 0 Å². The molecule has 6 nitrogen and oxygen atoms in total. The molecule has 1 atom stereocenters. The van der Waals surface area contributed by atoms with Crippen LogP contribution in [0.3, 0.4) is 0 Å². The largest absolute Gasteiger partial charge is 0.323 e. The summed E-state index contributed by atoms with van der Waals surface area (Å²) in [6.07, 6.45) is 0. The Bertz CT molecular complexity index is 317. The zero-order valence-electron chi connectivity index (χ0n) is 9.74. The molecule has 0 radical (unpaired) electrons. The zero-order valence-corrected chi connectivity index (χ0v) is 9.74. The van der Waals surface area contributed by atoms with Crippen LogP contribution in [-0.2, 0) is 14.4 Å². The summed E-state index contributed by atoms with van der Waals surface area (Å²) in [5, 5.41) is 2.13. The van der Waals surface area contributed by atoms with Crippen LogP contribution < -0.4 is 11.1 Å². The van der Waals surface area contributed by atoms with E-state index in [9.17, 15) is 14.4 Å². The second-order valence-electron chi connectivity index (χ2n) is 5.01. The molecule has 0 aromatic carbocycles. The Labute approximate surface area is 94.2 Å². The van der Waals surface area contributed by atoms with Gasteiger partial charge in [0.2, 0.25) is 17.7 Å². The first-order valence-electron chi connectivity index (χ1n) is 5.09. The summed E-state index contributed by atoms with van der Waals surface area (Å²) >= 11 is 0. The van der Waals surface area contributed by atoms with Crippen molar-refractivity contribution in [2.45, 2.75) is 26.8 Å². The first-order chi connectivity index (χ1) is 7.21. The average Bonchev–Trinajstić information content (AvgIpc) is 2.12. The molecule has 16 heavy (non-hydrogen) atoms. The summed E-state index contributed by atoms with van der Waals surface area (Å²) in [7, 11) is 0. The van der Waals surface area contributed by atoms with E-state index in [2.05, 4.69) is 5.32 Å². The normalized spacial score (nSPS) is 19.4. The molecule has 3 N–H and O–H groups in total. The molecule has 90 valence electrons. The molecule has 0 bridgehead atoms. The lowest BCUT2D eigenvalue weighted by Gasteiger charge is -2.33. The quantitative estimate of drug-likeness (QED) is 0.553. The van der Waals surface area contributed by atoms with Gasteiger partial charge in [-0.3, -0.25) is 19.7 Å². The summed E-state index contributed by atoms with van der Waals surface area (Å²) in [6, 6.07) is -0.716. The number of amides is 3. The van der Waals surface area contributed by atoms with E-state index in [4.69, 9.17) is 5.73 Å². The van der Waals surface area contributed by atoms with Crippen molar-refractivity contribution in [3.8, 4) is 0 Å². The number of nitrogens with one attached hydrogen (secondary N) is 1. The number of carbonyl (C=O) groups is 3. The summed E-state index contributed by atoms with van der Waals surface area (Å²) in [4.78, 5) is 35.3. The van der Waals surface area contributed by atoms with Crippen molar-refractivity contribution in [3.63, 3.8) is 0 Å². The minimum atomic E-state index is -0.716. The molecule has 1 fully saturated rings. The van der Waals surface area contributed by atoms with Crippen LogP contribution in [0.25, 0.3) is 0 Å². The van der Waals surface area contributed by atoms with Crippen LogP contribution in [0.4, 0.5) is 0 Å². The lowest BCUT2D eigenvalue weighted by Crippen LogP contribution is -2.58. The van der Waals surface area contributed by atoms with Crippen molar-refractivity contribution in [1.82, 2.24) is 10.2 Å². The zero-order chi connectivity index (χ0) is 12.5. The molecule has 1 heterocycles. The minimum Gasteiger partial charge on any atom is -0.323 e. The Balaban J connectivity index is 2.74. The molecule has 0 saturated carbocycles. The van der Waals surface area contributed by atoms with Gasteiger partial charge in [-0.2, -0.15) is 0 Å². The van der Waals surface area contributed by atoms with Crippen molar-refractivity contribution in [2.24, 2.45) is 11.1 Å². The van der Waals surface area contributed by atoms with Crippen molar-refractivity contribution in [2.75, 3.05) is 13.1 Å². The Morgan fingerprint density at radius 3 is 2.12 bits per heavy atom. The molecule has 1 aliphatic rings. The van der Waals surface area contributed by atoms with E-state index in [1.165, 1.54) is 4.90 Å². The highest BCUT2D eigenvalue weighted by Crippen LogP contribution is 2.19. The second-order valence-corrected chi connectivity index (χ2v) is 5.01. The maximum atomic E-state index is 11.9. The van der Waals surface area contributed by atoms with E-state index < -0.39 is 23.3 Å². The average molecular weight is 227 g/mol. The van der Waals surface area contributed by atoms with E-state index in [1.807, 2.05) is 20.8 Å². The Morgan fingerprint density at radius 1 is 1.31 bits per heavy atom. The summed E-state index contributed by atoms with van der Waals surface area (Å²) in [5.41, 5.74) is 5.39. The second kappa shape index (κ2) is 4.21. The SMILES string of the molecule is CC(C)(C)C(N)C(=O)N1CC(=O)NC(=O)C1. The summed E-state index contributed by atoms with van der Waals surface area (Å²) in [6.45, 7) is 5.30. The topological polar surface area (TPSA) is 92.5 Å². The van der Waals surface area contributed by atoms with Gasteiger partial charge in [-0.15, -0.1) is 0 Å². The van der Waals surface area contributed by atoms with Crippen LogP contribution in [0.1, 0.15) is 20.8 Å². The number of hydrogen-bond acceptors (Lipinski definition) is 4. The first kappa shape index (κ1) is 12.6. The Hall–Kier alpha value is -1.43. The highest BCUT2D eigenvalue weighted by molar-refractivity contribution is 6.03. The van der Waals surface area contributed by atoms with Gasteiger partial charge in [0.15, 0.2) is 0 Å². The van der Waals surface area contributed by atoms with Gasteiger partial charge in [-0.25, -0.2) is 0 Å². The smallest absolute Gasteiger partial charge is 0.246 e. The van der Waals surface area contributed by atoms with Gasteiger partial charge in [0.1, 0.15) is 13.1 Å². The van der Waals surface area contributed by atoms with E-state index in [1.54, 1.807) is 0 Å². The van der Waals surface area contributed by atoms with Gasteiger partial charge >= 0.3 is 0 Å². The Morgan fingerprint density at radius 2 is 1.75 bits per heavy atom. The van der Waals surface area contributed by atoms with E-state index in [0.717, 1.165) is 0 Å². The number of hydrogen-bond donors (Lipinski definition) is 2. The summed E-state index contributed by atoms with van der Waals surface area (Å²) < 4.78 is 0. The molecule has 1 aliphatic heterocycles. The third kappa shape index (κ3) is 2.79. The molecule has 0 spiro atoms. The molecule has 3 amide bonds. The van der Waals surface area contributed by atoms with Crippen LogP contribution in [-0.4, -0.2) is 41.8 Å². The minimum absolute atomic E-state index is 0.103. The van der Waals surface area contributed by atoms with E-state index in [-0.39, 0.29) is 19.0 Å². The predicted molar refractivity (Wildman–Crippen MR) is 57.2 cm³/mol. The van der Waals surface area contributed by atoms with Gasteiger partial charge in [0.05, 0.1) is 6.04 Å². The van der Waals surface area contributed by atoms with Crippen molar-refractivity contribution in [1.29, 1.82) is 0 Å². The van der Waals surface area contributed by atoms with E-state index in [0.29, 0.717) is 0 Å². The molecule has 0 aromatic heterocycles. The van der Waals surface area contributed by atoms with Crippen molar-refractivity contribution >= 4 is 17.7 Å². The van der Waals surface area contributed by atoms with Crippen LogP contribution in [0, 0.1) is 5.41 Å². The third-order valence-electron chi connectivity index (χ3n) is 2.46. The molecule has 1 saturated heterocycles. The lowest BCUT2D eigenvalue weighted by atomic mass is 9.86. The number of nitrogens with zero attached hydrogens (tertiary/aromatic N) is 1. The standard InChI is InChI=1S/C10H17N3O3/c1-10(2,3)8(11)9(16)13-4-6(14)12-7(15)5-13/h8H,4-5,11H2,1-3H3,(H,12,14,15). The fourth-order valence-electron chi connectivity index (χ4n) is 1.36. The van der Waals surface area contributed by atoms with Crippen molar-refractivity contribution in [3.05, 3.63) is 0 Å². The van der Waals surface area contributed by atoms with Gasteiger partial charge in [-0.1, -0.05) is 20.8 Å². The number of piperazine rings is 1. The van der Waals surface area contributed by atoms with Gasteiger partial charge in [0, 0.05) is 0 Å². The summed E-state index contributed by atoms with van der Waals surface area (Å²) in [5.74, 6) is -1.30. The number of carbonyl (C=O) groups excluding carboxylic acids is 3. The predicted octanol–water partition coefficient (Wildman–Crippen LogP) is -1.16. The molecule has 1 unspecified atom stereocenters. The van der Waals surface area contributed by atoms with Crippen LogP contribution in [0.15, 0.2) is 0 Å². The first-order valence-corrected chi connectivity index (χ1v) is 5.09. The highest BCUT2D eigenvalue weighted by atomic mass is 16.2. The fourth-order valence-corrected chi connectivity index (χ4v) is 1.36. The fraction of sp³-hybridized carbons (Fsp3) is 0.700. The van der Waals surface area contributed by atoms with Crippen molar-refractivity contribution < 1.29 is 14.4 Å². The van der Waals surface area contributed by atoms with Gasteiger partial charge in [0.25, 0.3) is 0 Å². The van der Waals surface area contributed by atoms with Crippen LogP contribution in [0.5, 0.6) is 0 Å². The molecule has 1 rings (SSSR count). The molecule has 0 aromatic rings. The number of imide groups is 1. The number of nitrogens with two attached hydrogens (primary N) is 1. The highest BCUT2D eigenvalue weighted by Gasteiger charge is 2.34. The molecule has 6 heteroatoms. The third-order valence-corrected chi connectivity index (χ3v) is 2.46. The van der Waals surface area contributed by atoms with Gasteiger partial charge < -0.3 is 10.6 Å². The van der Waals surface area contributed by atoms with Crippen LogP contribution >= 0.6 is 0 Å². The Kier molecular flexibility index (Phi) is 3.32. The molecule has 0 aliphatic carbocycles.